The Morgan fingerprint density at radius 3 is 2.67 bits per heavy atom. The zero-order valence-electron chi connectivity index (χ0n) is 6.29. The molecule has 0 aliphatic heterocycles. The molecule has 0 aromatic carbocycles. The molecule has 0 spiro atoms. The van der Waals surface area contributed by atoms with Crippen LogP contribution in [0, 0.1) is 6.92 Å². The third kappa shape index (κ3) is 1.26. The molecule has 0 radical (unpaired) electrons. The molecule has 0 fully saturated rings. The van der Waals surface area contributed by atoms with Gasteiger partial charge in [0.25, 0.3) is 11.5 Å². The second kappa shape index (κ2) is 2.65. The van der Waals surface area contributed by atoms with E-state index in [2.05, 4.69) is 9.97 Å². The molecule has 12 heavy (non-hydrogen) atoms. The van der Waals surface area contributed by atoms with Crippen LogP contribution in [0.2, 0.25) is 0 Å². The number of hydrogen-bond donors (Lipinski definition) is 3. The fraction of sp³-hybridized carbons (Fsp3) is 0.167. The number of hydrogen-bond acceptors (Lipinski definition) is 4. The average molecular weight is 169 g/mol. The van der Waals surface area contributed by atoms with Gasteiger partial charge in [0.1, 0.15) is 5.82 Å². The predicted octanol–water partition coefficient (Wildman–Crippen LogP) is -1.12. The molecule has 1 aromatic rings. The van der Waals surface area contributed by atoms with Gasteiger partial charge in [-0.15, -0.1) is 0 Å². The number of aromatic nitrogens is 2. The van der Waals surface area contributed by atoms with E-state index in [1.807, 2.05) is 0 Å². The monoisotopic (exact) mass is 169 g/mol. The van der Waals surface area contributed by atoms with E-state index in [1.165, 1.54) is 6.92 Å². The third-order valence-corrected chi connectivity index (χ3v) is 1.27. The summed E-state index contributed by atoms with van der Waals surface area (Å²) in [5, 5.41) is 9.01. The average Bonchev–Trinajstić information content (AvgIpc) is 1.82. The van der Waals surface area contributed by atoms with E-state index in [4.69, 9.17) is 10.8 Å². The van der Waals surface area contributed by atoms with Crippen LogP contribution >= 0.6 is 0 Å². The largest absolute Gasteiger partial charge is 0.493 e. The fourth-order valence-corrected chi connectivity index (χ4v) is 0.793. The molecule has 0 aliphatic carbocycles. The Morgan fingerprint density at radius 1 is 1.67 bits per heavy atom. The van der Waals surface area contributed by atoms with Crippen molar-refractivity contribution < 1.29 is 9.90 Å². The van der Waals surface area contributed by atoms with E-state index in [0.29, 0.717) is 0 Å². The summed E-state index contributed by atoms with van der Waals surface area (Å²) in [4.78, 5) is 27.2. The number of rotatable bonds is 1. The van der Waals surface area contributed by atoms with Gasteiger partial charge in [-0.3, -0.25) is 9.59 Å². The standard InChI is InChI=1S/C6H7N3O3/c1-2-8-5(11)3(4(7)10)6(12)9-2/h1H3,(H2,7,10)(H2,8,9,11,12). The van der Waals surface area contributed by atoms with Crippen LogP contribution in [0.4, 0.5) is 0 Å². The highest BCUT2D eigenvalue weighted by Crippen LogP contribution is 2.05. The highest BCUT2D eigenvalue weighted by Gasteiger charge is 2.13. The van der Waals surface area contributed by atoms with E-state index in [1.54, 1.807) is 0 Å². The molecule has 6 heteroatoms. The molecule has 6 nitrogen and oxygen atoms in total. The maximum absolute atomic E-state index is 10.9. The van der Waals surface area contributed by atoms with Gasteiger partial charge in [-0.25, -0.2) is 0 Å². The van der Waals surface area contributed by atoms with E-state index in [-0.39, 0.29) is 5.82 Å². The SMILES string of the molecule is Cc1nc(O)c(C(N)=O)c(=O)[nH]1. The van der Waals surface area contributed by atoms with Crippen LogP contribution in [0.5, 0.6) is 5.88 Å². The number of carbonyl (C=O) groups is 1. The van der Waals surface area contributed by atoms with E-state index >= 15 is 0 Å². The van der Waals surface area contributed by atoms with Crippen LogP contribution in [-0.2, 0) is 0 Å². The van der Waals surface area contributed by atoms with Gasteiger partial charge >= 0.3 is 0 Å². The first-order valence-corrected chi connectivity index (χ1v) is 3.12. The van der Waals surface area contributed by atoms with Crippen LogP contribution in [0.3, 0.4) is 0 Å². The van der Waals surface area contributed by atoms with Crippen LogP contribution in [0.1, 0.15) is 16.2 Å². The Balaban J connectivity index is 3.49. The topological polar surface area (TPSA) is 109 Å². The highest BCUT2D eigenvalue weighted by molar-refractivity contribution is 5.94. The van der Waals surface area contributed by atoms with Crippen molar-refractivity contribution in [3.8, 4) is 5.88 Å². The molecule has 1 rings (SSSR count). The molecule has 64 valence electrons. The van der Waals surface area contributed by atoms with Crippen LogP contribution in [0.25, 0.3) is 0 Å². The normalized spacial score (nSPS) is 9.75. The van der Waals surface area contributed by atoms with Gasteiger partial charge in [-0.2, -0.15) is 4.98 Å². The number of aromatic hydroxyl groups is 1. The van der Waals surface area contributed by atoms with Crippen LogP contribution < -0.4 is 11.3 Å². The van der Waals surface area contributed by atoms with Crippen molar-refractivity contribution in [3.63, 3.8) is 0 Å². The number of aryl methyl sites for hydroxylation is 1. The number of H-pyrrole nitrogens is 1. The van der Waals surface area contributed by atoms with E-state index in [9.17, 15) is 9.59 Å². The lowest BCUT2D eigenvalue weighted by atomic mass is 10.3. The summed E-state index contributed by atoms with van der Waals surface area (Å²) in [5.74, 6) is -1.41. The van der Waals surface area contributed by atoms with Gasteiger partial charge in [-0.1, -0.05) is 0 Å². The number of primary amides is 1. The zero-order chi connectivity index (χ0) is 9.30. The van der Waals surface area contributed by atoms with Crippen molar-refractivity contribution in [1.82, 2.24) is 9.97 Å². The summed E-state index contributed by atoms with van der Waals surface area (Å²) in [7, 11) is 0. The minimum Gasteiger partial charge on any atom is -0.493 e. The zero-order valence-corrected chi connectivity index (χ0v) is 6.29. The Hall–Kier alpha value is -1.85. The Labute approximate surface area is 67.1 Å². The minimum absolute atomic E-state index is 0.225. The number of carbonyl (C=O) groups excluding carboxylic acids is 1. The van der Waals surface area contributed by atoms with E-state index < -0.39 is 22.9 Å². The summed E-state index contributed by atoms with van der Waals surface area (Å²) in [6, 6.07) is 0. The van der Waals surface area contributed by atoms with Gasteiger partial charge in [0.15, 0.2) is 5.56 Å². The molecule has 4 N–H and O–H groups in total. The smallest absolute Gasteiger partial charge is 0.267 e. The maximum Gasteiger partial charge on any atom is 0.267 e. The minimum atomic E-state index is -0.999. The lowest BCUT2D eigenvalue weighted by Gasteiger charge is -1.98. The molecule has 1 heterocycles. The Bertz CT molecular complexity index is 382. The lowest BCUT2D eigenvalue weighted by molar-refractivity contribution is 0.0995. The van der Waals surface area contributed by atoms with Crippen molar-refractivity contribution in [2.45, 2.75) is 6.92 Å². The maximum atomic E-state index is 10.9. The summed E-state index contributed by atoms with van der Waals surface area (Å²) >= 11 is 0. The van der Waals surface area contributed by atoms with Crippen molar-refractivity contribution in [3.05, 3.63) is 21.7 Å². The Kier molecular flexibility index (Phi) is 1.82. The first-order chi connectivity index (χ1) is 5.52. The van der Waals surface area contributed by atoms with Crippen molar-refractivity contribution >= 4 is 5.91 Å². The molecule has 1 aromatic heterocycles. The third-order valence-electron chi connectivity index (χ3n) is 1.27. The summed E-state index contributed by atoms with van der Waals surface area (Å²) in [5.41, 5.74) is 3.56. The second-order valence-corrected chi connectivity index (χ2v) is 2.21. The van der Waals surface area contributed by atoms with Crippen molar-refractivity contribution in [1.29, 1.82) is 0 Å². The molecule has 1 amide bonds. The van der Waals surface area contributed by atoms with Gasteiger partial charge < -0.3 is 15.8 Å². The molecule has 0 atom stereocenters. The Morgan fingerprint density at radius 2 is 2.25 bits per heavy atom. The summed E-state index contributed by atoms with van der Waals surface area (Å²) < 4.78 is 0. The van der Waals surface area contributed by atoms with Crippen LogP contribution in [-0.4, -0.2) is 21.0 Å². The number of amides is 1. The summed E-state index contributed by atoms with van der Waals surface area (Å²) in [6.07, 6.45) is 0. The summed E-state index contributed by atoms with van der Waals surface area (Å²) in [6.45, 7) is 1.48. The fourth-order valence-electron chi connectivity index (χ4n) is 0.793. The molecule has 0 saturated heterocycles. The number of aromatic amines is 1. The number of nitrogens with zero attached hydrogens (tertiary/aromatic N) is 1. The number of nitrogens with two attached hydrogens (primary N) is 1. The van der Waals surface area contributed by atoms with E-state index in [0.717, 1.165) is 0 Å². The van der Waals surface area contributed by atoms with Crippen molar-refractivity contribution in [2.24, 2.45) is 5.73 Å². The second-order valence-electron chi connectivity index (χ2n) is 2.21. The highest BCUT2D eigenvalue weighted by atomic mass is 16.3. The molecule has 0 bridgehead atoms. The van der Waals surface area contributed by atoms with Crippen LogP contribution in [0.15, 0.2) is 4.79 Å². The first kappa shape index (κ1) is 8.25. The number of nitrogens with one attached hydrogen (secondary N) is 1. The quantitative estimate of drug-likeness (QED) is 0.494. The van der Waals surface area contributed by atoms with Gasteiger partial charge in [0.2, 0.25) is 5.88 Å². The van der Waals surface area contributed by atoms with Gasteiger partial charge in [-0.05, 0) is 6.92 Å². The molecular formula is C6H7N3O3. The lowest BCUT2D eigenvalue weighted by Crippen LogP contribution is -2.24. The van der Waals surface area contributed by atoms with Crippen molar-refractivity contribution in [2.75, 3.05) is 0 Å². The predicted molar refractivity (Wildman–Crippen MR) is 39.8 cm³/mol. The molecular weight excluding hydrogens is 162 g/mol. The first-order valence-electron chi connectivity index (χ1n) is 3.12. The molecule has 0 saturated carbocycles. The molecule has 0 aliphatic rings. The van der Waals surface area contributed by atoms with Gasteiger partial charge in [0, 0.05) is 0 Å². The molecule has 0 unspecified atom stereocenters. The van der Waals surface area contributed by atoms with Gasteiger partial charge in [0.05, 0.1) is 0 Å².